The highest BCUT2D eigenvalue weighted by Gasteiger charge is 2.14. The molecule has 0 fully saturated rings. The van der Waals surface area contributed by atoms with Gasteiger partial charge >= 0.3 is 0 Å². The van der Waals surface area contributed by atoms with Crippen molar-refractivity contribution in [1.29, 1.82) is 0 Å². The minimum absolute atomic E-state index is 0.227. The van der Waals surface area contributed by atoms with Crippen molar-refractivity contribution in [1.82, 2.24) is 0 Å². The first-order valence-electron chi connectivity index (χ1n) is 5.93. The van der Waals surface area contributed by atoms with Crippen LogP contribution in [0.3, 0.4) is 0 Å². The maximum absolute atomic E-state index is 13.6. The minimum Gasteiger partial charge on any atom is -0.324 e. The predicted molar refractivity (Wildman–Crippen MR) is 73.2 cm³/mol. The Hall–Kier alpha value is -1.45. The lowest BCUT2D eigenvalue weighted by Crippen LogP contribution is -2.15. The molecule has 2 aromatic rings. The van der Waals surface area contributed by atoms with Gasteiger partial charge in [-0.2, -0.15) is 0 Å². The molecular weight excluding hydrogens is 268 g/mol. The molecule has 2 N–H and O–H groups in total. The Morgan fingerprint density at radius 3 is 2.68 bits per heavy atom. The predicted octanol–water partition coefficient (Wildman–Crippen LogP) is 4.17. The van der Waals surface area contributed by atoms with Crippen LogP contribution in [0.4, 0.5) is 8.78 Å². The Kier molecular flexibility index (Phi) is 4.17. The average Bonchev–Trinajstić information content (AvgIpc) is 2.37. The Labute approximate surface area is 116 Å². The Balaban J connectivity index is 2.28. The van der Waals surface area contributed by atoms with Gasteiger partial charge in [-0.3, -0.25) is 0 Å². The number of nitrogens with two attached hydrogens (primary N) is 1. The molecule has 2 rings (SSSR count). The molecule has 0 bridgehead atoms. The number of halogens is 3. The van der Waals surface area contributed by atoms with E-state index in [0.717, 1.165) is 23.3 Å². The number of hydrogen-bond acceptors (Lipinski definition) is 1. The third-order valence-electron chi connectivity index (χ3n) is 3.16. The van der Waals surface area contributed by atoms with Gasteiger partial charge < -0.3 is 5.73 Å². The fourth-order valence-corrected chi connectivity index (χ4v) is 2.25. The highest BCUT2D eigenvalue weighted by Crippen LogP contribution is 2.26. The van der Waals surface area contributed by atoms with Gasteiger partial charge in [-0.1, -0.05) is 23.7 Å². The van der Waals surface area contributed by atoms with Crippen molar-refractivity contribution in [3.63, 3.8) is 0 Å². The molecule has 1 atom stereocenters. The molecule has 0 radical (unpaired) electrons. The second kappa shape index (κ2) is 5.68. The Morgan fingerprint density at radius 2 is 1.95 bits per heavy atom. The maximum Gasteiger partial charge on any atom is 0.126 e. The summed E-state index contributed by atoms with van der Waals surface area (Å²) in [6.45, 7) is 1.86. The van der Waals surface area contributed by atoms with E-state index in [4.69, 9.17) is 17.3 Å². The lowest BCUT2D eigenvalue weighted by atomic mass is 9.96. The first-order valence-corrected chi connectivity index (χ1v) is 6.31. The minimum atomic E-state index is -0.466. The third-order valence-corrected chi connectivity index (χ3v) is 3.57. The van der Waals surface area contributed by atoms with Gasteiger partial charge in [0.05, 0.1) is 0 Å². The summed E-state index contributed by atoms with van der Waals surface area (Å²) in [6.07, 6.45) is 0.227. The molecule has 100 valence electrons. The van der Waals surface area contributed by atoms with Gasteiger partial charge in [0.1, 0.15) is 11.6 Å². The molecule has 1 unspecified atom stereocenters. The molecule has 1 nitrogen and oxygen atoms in total. The van der Waals surface area contributed by atoms with Crippen LogP contribution in [0.1, 0.15) is 22.7 Å². The summed E-state index contributed by atoms with van der Waals surface area (Å²) < 4.78 is 26.7. The molecule has 0 heterocycles. The fraction of sp³-hybridized carbons (Fsp3) is 0.200. The van der Waals surface area contributed by atoms with E-state index in [-0.39, 0.29) is 12.0 Å². The van der Waals surface area contributed by atoms with Crippen molar-refractivity contribution in [2.24, 2.45) is 5.73 Å². The summed E-state index contributed by atoms with van der Waals surface area (Å²) in [7, 11) is 0. The van der Waals surface area contributed by atoms with Crippen molar-refractivity contribution >= 4 is 11.6 Å². The second-order valence-electron chi connectivity index (χ2n) is 4.50. The maximum atomic E-state index is 13.6. The normalized spacial score (nSPS) is 12.5. The van der Waals surface area contributed by atoms with Crippen LogP contribution in [-0.2, 0) is 6.42 Å². The Morgan fingerprint density at radius 1 is 1.21 bits per heavy atom. The van der Waals surface area contributed by atoms with Gasteiger partial charge in [0.15, 0.2) is 0 Å². The molecule has 0 amide bonds. The summed E-state index contributed by atoms with van der Waals surface area (Å²) in [6, 6.07) is 8.38. The lowest BCUT2D eigenvalue weighted by Gasteiger charge is -2.16. The van der Waals surface area contributed by atoms with Crippen molar-refractivity contribution in [2.45, 2.75) is 19.4 Å². The molecule has 0 aromatic heterocycles. The molecule has 0 saturated heterocycles. The van der Waals surface area contributed by atoms with Crippen LogP contribution < -0.4 is 5.73 Å². The smallest absolute Gasteiger partial charge is 0.126 e. The number of hydrogen-bond donors (Lipinski definition) is 1. The molecule has 19 heavy (non-hydrogen) atoms. The monoisotopic (exact) mass is 281 g/mol. The van der Waals surface area contributed by atoms with Gasteiger partial charge in [0.2, 0.25) is 0 Å². The standard InChI is InChI=1S/C15H14ClF2N/c1-9-12(3-2-4-13(9)16)15(19)8-10-7-11(17)5-6-14(10)18/h2-7,15H,8,19H2,1H3. The molecule has 4 heteroatoms. The third kappa shape index (κ3) is 3.11. The van der Waals surface area contributed by atoms with Crippen LogP contribution in [-0.4, -0.2) is 0 Å². The molecule has 0 aliphatic heterocycles. The first-order chi connectivity index (χ1) is 8.99. The molecule has 0 spiro atoms. The van der Waals surface area contributed by atoms with Gasteiger partial charge in [-0.15, -0.1) is 0 Å². The molecular formula is C15H14ClF2N. The first kappa shape index (κ1) is 14.0. The zero-order valence-corrected chi connectivity index (χ0v) is 11.2. The summed E-state index contributed by atoms with van der Waals surface area (Å²) >= 11 is 6.03. The molecule has 0 aliphatic carbocycles. The largest absolute Gasteiger partial charge is 0.324 e. The molecule has 2 aromatic carbocycles. The van der Waals surface area contributed by atoms with E-state index in [1.807, 2.05) is 13.0 Å². The SMILES string of the molecule is Cc1c(Cl)cccc1C(N)Cc1cc(F)ccc1F. The number of rotatable bonds is 3. The summed E-state index contributed by atoms with van der Waals surface area (Å²) in [4.78, 5) is 0. The van der Waals surface area contributed by atoms with Gasteiger partial charge in [0.25, 0.3) is 0 Å². The lowest BCUT2D eigenvalue weighted by molar-refractivity contribution is 0.572. The summed E-state index contributed by atoms with van der Waals surface area (Å²) in [5, 5.41) is 0.618. The van der Waals surface area contributed by atoms with Crippen molar-refractivity contribution < 1.29 is 8.78 Å². The highest BCUT2D eigenvalue weighted by atomic mass is 35.5. The van der Waals surface area contributed by atoms with Crippen molar-refractivity contribution in [3.05, 3.63) is 69.7 Å². The highest BCUT2D eigenvalue weighted by molar-refractivity contribution is 6.31. The van der Waals surface area contributed by atoms with Crippen LogP contribution in [0.2, 0.25) is 5.02 Å². The summed E-state index contributed by atoms with van der Waals surface area (Å²) in [5.74, 6) is -0.914. The van der Waals surface area contributed by atoms with Crippen LogP contribution in [0.5, 0.6) is 0 Å². The van der Waals surface area contributed by atoms with E-state index in [1.54, 1.807) is 12.1 Å². The second-order valence-corrected chi connectivity index (χ2v) is 4.91. The van der Waals surface area contributed by atoms with Crippen LogP contribution >= 0.6 is 11.6 Å². The van der Waals surface area contributed by atoms with Crippen LogP contribution in [0, 0.1) is 18.6 Å². The fourth-order valence-electron chi connectivity index (χ4n) is 2.07. The van der Waals surface area contributed by atoms with Gasteiger partial charge in [0, 0.05) is 11.1 Å². The van der Waals surface area contributed by atoms with E-state index in [0.29, 0.717) is 5.02 Å². The topological polar surface area (TPSA) is 26.0 Å². The summed E-state index contributed by atoms with van der Waals surface area (Å²) in [5.41, 5.74) is 8.05. The van der Waals surface area contributed by atoms with Crippen LogP contribution in [0.25, 0.3) is 0 Å². The van der Waals surface area contributed by atoms with E-state index in [1.165, 1.54) is 6.07 Å². The zero-order chi connectivity index (χ0) is 14.0. The quantitative estimate of drug-likeness (QED) is 0.898. The van der Waals surface area contributed by atoms with Crippen LogP contribution in [0.15, 0.2) is 36.4 Å². The number of benzene rings is 2. The van der Waals surface area contributed by atoms with E-state index in [2.05, 4.69) is 0 Å². The van der Waals surface area contributed by atoms with Gasteiger partial charge in [-0.05, 0) is 54.3 Å². The molecule has 0 aliphatic rings. The van der Waals surface area contributed by atoms with E-state index >= 15 is 0 Å². The molecule has 0 saturated carbocycles. The average molecular weight is 282 g/mol. The van der Waals surface area contributed by atoms with Crippen molar-refractivity contribution in [2.75, 3.05) is 0 Å². The van der Waals surface area contributed by atoms with E-state index in [9.17, 15) is 8.78 Å². The van der Waals surface area contributed by atoms with Gasteiger partial charge in [-0.25, -0.2) is 8.78 Å². The van der Waals surface area contributed by atoms with E-state index < -0.39 is 17.7 Å². The van der Waals surface area contributed by atoms with Crippen molar-refractivity contribution in [3.8, 4) is 0 Å². The zero-order valence-electron chi connectivity index (χ0n) is 10.5. The Bertz CT molecular complexity index is 599.